The fourth-order valence-electron chi connectivity index (χ4n) is 1.59. The molecule has 23 heavy (non-hydrogen) atoms. The number of benzene rings is 1. The maximum absolute atomic E-state index is 10.5. The zero-order chi connectivity index (χ0) is 17.3. The van der Waals surface area contributed by atoms with E-state index >= 15 is 0 Å². The van der Waals surface area contributed by atoms with Gasteiger partial charge in [0.25, 0.3) is 10.1 Å². The number of aliphatic hydroxyl groups is 1. The molecular formula is C17H21NO4S. The third kappa shape index (κ3) is 8.25. The lowest BCUT2D eigenvalue weighted by atomic mass is 10.2. The summed E-state index contributed by atoms with van der Waals surface area (Å²) >= 11 is 0. The molecule has 2 aromatic rings. The summed E-state index contributed by atoms with van der Waals surface area (Å²) in [4.78, 5) is 3.90. The van der Waals surface area contributed by atoms with E-state index in [1.807, 2.05) is 31.2 Å². The zero-order valence-corrected chi connectivity index (χ0v) is 13.9. The highest BCUT2D eigenvalue weighted by molar-refractivity contribution is 7.85. The molecule has 0 fully saturated rings. The van der Waals surface area contributed by atoms with Crippen LogP contribution in [-0.2, 0) is 10.1 Å². The molecule has 0 saturated carbocycles. The van der Waals surface area contributed by atoms with Crippen molar-refractivity contribution in [2.75, 3.05) is 0 Å². The first-order chi connectivity index (χ1) is 10.8. The SMILES string of the molecule is C[C@@H](O)C/C=C/c1cccnc1.Cc1ccc(S(=O)(=O)O)cc1. The summed E-state index contributed by atoms with van der Waals surface area (Å²) in [5, 5.41) is 8.96. The third-order valence-corrected chi connectivity index (χ3v) is 3.66. The number of aliphatic hydroxyl groups excluding tert-OH is 1. The molecule has 5 nitrogen and oxygen atoms in total. The van der Waals surface area contributed by atoms with Crippen molar-refractivity contribution in [3.05, 3.63) is 66.0 Å². The lowest BCUT2D eigenvalue weighted by Crippen LogP contribution is -1.96. The molecule has 0 spiro atoms. The average Bonchev–Trinajstić information content (AvgIpc) is 2.48. The monoisotopic (exact) mass is 335 g/mol. The van der Waals surface area contributed by atoms with E-state index in [1.54, 1.807) is 31.5 Å². The number of rotatable bonds is 4. The highest BCUT2D eigenvalue weighted by Crippen LogP contribution is 2.08. The Balaban J connectivity index is 0.000000231. The summed E-state index contributed by atoms with van der Waals surface area (Å²) in [5.74, 6) is 0. The van der Waals surface area contributed by atoms with E-state index in [4.69, 9.17) is 9.66 Å². The molecule has 0 aliphatic heterocycles. The van der Waals surface area contributed by atoms with Crippen LogP contribution in [0.2, 0.25) is 0 Å². The van der Waals surface area contributed by atoms with E-state index in [9.17, 15) is 8.42 Å². The minimum Gasteiger partial charge on any atom is -0.393 e. The van der Waals surface area contributed by atoms with Crippen LogP contribution in [0.15, 0.2) is 59.8 Å². The van der Waals surface area contributed by atoms with Gasteiger partial charge >= 0.3 is 0 Å². The standard InChI is InChI=1S/C10H13NO.C7H8O3S/c1-9(12)4-2-5-10-6-3-7-11-8-10;1-6-2-4-7(5-3-6)11(8,9)10/h2-3,5-9,12H,4H2,1H3;2-5H,1H3,(H,8,9,10)/b5-2+;/t9-;/m1./s1. The second-order valence-corrected chi connectivity index (χ2v) is 6.48. The van der Waals surface area contributed by atoms with E-state index in [2.05, 4.69) is 4.98 Å². The van der Waals surface area contributed by atoms with Crippen molar-refractivity contribution < 1.29 is 18.1 Å². The van der Waals surface area contributed by atoms with Crippen LogP contribution in [0, 0.1) is 6.92 Å². The maximum atomic E-state index is 10.5. The van der Waals surface area contributed by atoms with Gasteiger partial charge in [0, 0.05) is 12.4 Å². The van der Waals surface area contributed by atoms with Crippen LogP contribution in [0.4, 0.5) is 0 Å². The lowest BCUT2D eigenvalue weighted by Gasteiger charge is -1.96. The first kappa shape index (κ1) is 19.0. The van der Waals surface area contributed by atoms with Crippen LogP contribution in [0.5, 0.6) is 0 Å². The Morgan fingerprint density at radius 2 is 1.87 bits per heavy atom. The molecule has 0 radical (unpaired) electrons. The van der Waals surface area contributed by atoms with Crippen molar-refractivity contribution in [3.8, 4) is 0 Å². The van der Waals surface area contributed by atoms with Gasteiger partial charge in [-0.05, 0) is 44.0 Å². The van der Waals surface area contributed by atoms with Gasteiger partial charge in [-0.25, -0.2) is 0 Å². The summed E-state index contributed by atoms with van der Waals surface area (Å²) in [7, 11) is -4.02. The van der Waals surface area contributed by atoms with Crippen molar-refractivity contribution in [1.82, 2.24) is 4.98 Å². The molecule has 1 aromatic heterocycles. The molecule has 2 N–H and O–H groups in total. The molecule has 124 valence electrons. The first-order valence-corrected chi connectivity index (χ1v) is 8.52. The fourth-order valence-corrected chi connectivity index (χ4v) is 2.07. The number of hydrogen-bond donors (Lipinski definition) is 2. The normalized spacial score (nSPS) is 12.5. The molecule has 6 heteroatoms. The van der Waals surface area contributed by atoms with E-state index in [-0.39, 0.29) is 11.0 Å². The van der Waals surface area contributed by atoms with Crippen LogP contribution in [0.1, 0.15) is 24.5 Å². The molecule has 2 rings (SSSR count). The summed E-state index contributed by atoms with van der Waals surface area (Å²) < 4.78 is 29.6. The molecular weight excluding hydrogens is 314 g/mol. The lowest BCUT2D eigenvalue weighted by molar-refractivity contribution is 0.199. The van der Waals surface area contributed by atoms with Gasteiger partial charge in [0.15, 0.2) is 0 Å². The minimum absolute atomic E-state index is 0.0666. The Morgan fingerprint density at radius 1 is 1.22 bits per heavy atom. The molecule has 0 amide bonds. The van der Waals surface area contributed by atoms with Gasteiger partial charge in [-0.15, -0.1) is 0 Å². The van der Waals surface area contributed by atoms with E-state index in [0.717, 1.165) is 11.1 Å². The second-order valence-electron chi connectivity index (χ2n) is 5.06. The topological polar surface area (TPSA) is 87.5 Å². The summed E-state index contributed by atoms with van der Waals surface area (Å²) in [6.07, 6.45) is 7.86. The Kier molecular flexibility index (Phi) is 7.61. The quantitative estimate of drug-likeness (QED) is 0.838. The van der Waals surface area contributed by atoms with Gasteiger partial charge in [0.2, 0.25) is 0 Å². The van der Waals surface area contributed by atoms with Gasteiger partial charge in [-0.1, -0.05) is 35.9 Å². The molecule has 0 saturated heterocycles. The van der Waals surface area contributed by atoms with Gasteiger partial charge in [-0.3, -0.25) is 9.54 Å². The maximum Gasteiger partial charge on any atom is 0.294 e. The van der Waals surface area contributed by atoms with Crippen LogP contribution in [0.25, 0.3) is 6.08 Å². The van der Waals surface area contributed by atoms with Crippen molar-refractivity contribution in [1.29, 1.82) is 0 Å². The Hall–Kier alpha value is -2.02. The Labute approximate surface area is 137 Å². The largest absolute Gasteiger partial charge is 0.393 e. The van der Waals surface area contributed by atoms with Crippen LogP contribution < -0.4 is 0 Å². The smallest absolute Gasteiger partial charge is 0.294 e. The molecule has 0 aliphatic carbocycles. The average molecular weight is 335 g/mol. The number of pyridine rings is 1. The Morgan fingerprint density at radius 3 is 2.35 bits per heavy atom. The molecule has 0 bridgehead atoms. The highest BCUT2D eigenvalue weighted by Gasteiger charge is 2.06. The van der Waals surface area contributed by atoms with E-state index in [1.165, 1.54) is 12.1 Å². The van der Waals surface area contributed by atoms with Gasteiger partial charge in [0.05, 0.1) is 11.0 Å². The van der Waals surface area contributed by atoms with Gasteiger partial charge < -0.3 is 5.11 Å². The molecule has 0 aliphatic rings. The van der Waals surface area contributed by atoms with Crippen molar-refractivity contribution in [2.24, 2.45) is 0 Å². The molecule has 1 heterocycles. The number of aromatic nitrogens is 1. The highest BCUT2D eigenvalue weighted by atomic mass is 32.2. The van der Waals surface area contributed by atoms with Gasteiger partial charge in [-0.2, -0.15) is 8.42 Å². The molecule has 1 atom stereocenters. The molecule has 1 aromatic carbocycles. The van der Waals surface area contributed by atoms with Crippen molar-refractivity contribution in [2.45, 2.75) is 31.3 Å². The fraction of sp³-hybridized carbons (Fsp3) is 0.235. The third-order valence-electron chi connectivity index (χ3n) is 2.79. The summed E-state index contributed by atoms with van der Waals surface area (Å²) in [6.45, 7) is 3.61. The predicted octanol–water partition coefficient (Wildman–Crippen LogP) is 3.11. The number of nitrogens with zero attached hydrogens (tertiary/aromatic N) is 1. The Bertz CT molecular complexity index is 708. The first-order valence-electron chi connectivity index (χ1n) is 7.08. The van der Waals surface area contributed by atoms with Crippen LogP contribution in [-0.4, -0.2) is 29.2 Å². The molecule has 0 unspecified atom stereocenters. The van der Waals surface area contributed by atoms with Crippen LogP contribution >= 0.6 is 0 Å². The van der Waals surface area contributed by atoms with E-state index in [0.29, 0.717) is 6.42 Å². The van der Waals surface area contributed by atoms with E-state index < -0.39 is 10.1 Å². The van der Waals surface area contributed by atoms with Crippen molar-refractivity contribution in [3.63, 3.8) is 0 Å². The predicted molar refractivity (Wildman–Crippen MR) is 90.6 cm³/mol. The van der Waals surface area contributed by atoms with Crippen LogP contribution in [0.3, 0.4) is 0 Å². The minimum atomic E-state index is -4.02. The number of aryl methyl sites for hydroxylation is 1. The van der Waals surface area contributed by atoms with Gasteiger partial charge in [0.1, 0.15) is 0 Å². The summed E-state index contributed by atoms with van der Waals surface area (Å²) in [6, 6.07) is 9.86. The van der Waals surface area contributed by atoms with Crippen molar-refractivity contribution >= 4 is 16.2 Å². The summed E-state index contributed by atoms with van der Waals surface area (Å²) in [5.41, 5.74) is 2.02. The zero-order valence-electron chi connectivity index (χ0n) is 13.1. The second kappa shape index (κ2) is 9.19. The number of hydrogen-bond acceptors (Lipinski definition) is 4.